The zero-order valence-corrected chi connectivity index (χ0v) is 14.2. The molecule has 0 radical (unpaired) electrons. The van der Waals surface area contributed by atoms with E-state index in [9.17, 15) is 0 Å². The van der Waals surface area contributed by atoms with E-state index >= 15 is 0 Å². The van der Waals surface area contributed by atoms with Crippen LogP contribution in [0.3, 0.4) is 0 Å². The molecule has 1 aliphatic rings. The number of methoxy groups -OCH3 is 1. The highest BCUT2D eigenvalue weighted by Crippen LogP contribution is 2.38. The lowest BCUT2D eigenvalue weighted by Gasteiger charge is -2.42. The summed E-state index contributed by atoms with van der Waals surface area (Å²) in [6.45, 7) is 13.4. The van der Waals surface area contributed by atoms with E-state index in [4.69, 9.17) is 18.6 Å². The fraction of sp³-hybridized carbons (Fsp3) is 0.857. The SMILES string of the molecule is COCO[C@H]1[C@@H](O[Si](C)(C)C(C)(C)C)C=CO[C@@H]1C. The van der Waals surface area contributed by atoms with E-state index in [2.05, 4.69) is 33.9 Å². The average molecular weight is 288 g/mol. The van der Waals surface area contributed by atoms with E-state index in [0.717, 1.165) is 0 Å². The summed E-state index contributed by atoms with van der Waals surface area (Å²) < 4.78 is 22.6. The zero-order chi connectivity index (χ0) is 14.7. The molecule has 0 saturated carbocycles. The lowest BCUT2D eigenvalue weighted by Crippen LogP contribution is -2.51. The fourth-order valence-electron chi connectivity index (χ4n) is 1.70. The average Bonchev–Trinajstić information content (AvgIpc) is 2.26. The Bertz CT molecular complexity index is 309. The van der Waals surface area contributed by atoms with Crippen LogP contribution in [0.25, 0.3) is 0 Å². The molecule has 1 rings (SSSR count). The lowest BCUT2D eigenvalue weighted by atomic mass is 10.1. The second kappa shape index (κ2) is 6.39. The van der Waals surface area contributed by atoms with Crippen molar-refractivity contribution in [2.24, 2.45) is 0 Å². The van der Waals surface area contributed by atoms with Gasteiger partial charge in [0.1, 0.15) is 19.0 Å². The van der Waals surface area contributed by atoms with Crippen LogP contribution in [0.15, 0.2) is 12.3 Å². The van der Waals surface area contributed by atoms with Gasteiger partial charge in [-0.2, -0.15) is 0 Å². The number of hydrogen-bond donors (Lipinski definition) is 0. The maximum Gasteiger partial charge on any atom is 0.193 e. The molecular formula is C14H28O4Si. The molecule has 0 aliphatic carbocycles. The second-order valence-corrected chi connectivity index (χ2v) is 11.3. The van der Waals surface area contributed by atoms with Gasteiger partial charge in [-0.1, -0.05) is 20.8 Å². The maximum absolute atomic E-state index is 6.41. The van der Waals surface area contributed by atoms with Crippen LogP contribution in [-0.4, -0.2) is 40.5 Å². The van der Waals surface area contributed by atoms with Gasteiger partial charge >= 0.3 is 0 Å². The summed E-state index contributed by atoms with van der Waals surface area (Å²) in [7, 11) is -0.212. The first kappa shape index (κ1) is 16.7. The molecule has 0 amide bonds. The highest BCUT2D eigenvalue weighted by molar-refractivity contribution is 6.74. The summed E-state index contributed by atoms with van der Waals surface area (Å²) in [5, 5.41) is 0.175. The molecule has 0 bridgehead atoms. The summed E-state index contributed by atoms with van der Waals surface area (Å²) in [5.41, 5.74) is 0. The molecule has 0 fully saturated rings. The Hall–Kier alpha value is -0.363. The summed E-state index contributed by atoms with van der Waals surface area (Å²) in [6.07, 6.45) is 3.43. The highest BCUT2D eigenvalue weighted by Gasteiger charge is 2.42. The van der Waals surface area contributed by atoms with Crippen LogP contribution in [0, 0.1) is 0 Å². The molecule has 0 aromatic heterocycles. The Kier molecular flexibility index (Phi) is 5.61. The number of rotatable bonds is 5. The van der Waals surface area contributed by atoms with E-state index < -0.39 is 8.32 Å². The molecule has 0 aromatic carbocycles. The summed E-state index contributed by atoms with van der Waals surface area (Å²) in [4.78, 5) is 0. The molecule has 0 saturated heterocycles. The molecule has 1 heterocycles. The van der Waals surface area contributed by atoms with Gasteiger partial charge in [0.05, 0.1) is 12.4 Å². The van der Waals surface area contributed by atoms with Crippen LogP contribution < -0.4 is 0 Å². The first-order valence-electron chi connectivity index (χ1n) is 6.79. The molecule has 0 N–H and O–H groups in total. The molecule has 112 valence electrons. The minimum absolute atomic E-state index is 0.0325. The number of hydrogen-bond acceptors (Lipinski definition) is 4. The Morgan fingerprint density at radius 3 is 2.42 bits per heavy atom. The van der Waals surface area contributed by atoms with Crippen molar-refractivity contribution < 1.29 is 18.6 Å². The predicted octanol–water partition coefficient (Wildman–Crippen LogP) is 3.30. The molecule has 0 aromatic rings. The molecular weight excluding hydrogens is 260 g/mol. The van der Waals surface area contributed by atoms with E-state index in [1.807, 2.05) is 13.0 Å². The van der Waals surface area contributed by atoms with E-state index in [1.165, 1.54) is 0 Å². The first-order valence-corrected chi connectivity index (χ1v) is 9.70. The first-order chi connectivity index (χ1) is 8.69. The normalized spacial score (nSPS) is 28.3. The van der Waals surface area contributed by atoms with Crippen LogP contribution >= 0.6 is 0 Å². The molecule has 4 nitrogen and oxygen atoms in total. The largest absolute Gasteiger partial charge is 0.496 e. The topological polar surface area (TPSA) is 36.9 Å². The van der Waals surface area contributed by atoms with Crippen molar-refractivity contribution in [2.45, 2.75) is 64.1 Å². The molecule has 5 heteroatoms. The van der Waals surface area contributed by atoms with Gasteiger partial charge in [-0.3, -0.25) is 0 Å². The standard InChI is InChI=1S/C14H28O4Si/c1-11-13(17-10-15-5)12(8-9-16-11)18-19(6,7)14(2,3)4/h8-9,11-13H,10H2,1-7H3/t11-,12+,13-/m1/s1. The molecule has 0 unspecified atom stereocenters. The van der Waals surface area contributed by atoms with Gasteiger partial charge in [0.25, 0.3) is 0 Å². The summed E-state index contributed by atoms with van der Waals surface area (Å²) >= 11 is 0. The van der Waals surface area contributed by atoms with Crippen LogP contribution in [0.4, 0.5) is 0 Å². The van der Waals surface area contributed by atoms with E-state index in [1.54, 1.807) is 13.4 Å². The van der Waals surface area contributed by atoms with Crippen LogP contribution in [-0.2, 0) is 18.6 Å². The maximum atomic E-state index is 6.41. The van der Waals surface area contributed by atoms with Gasteiger partial charge in [-0.15, -0.1) is 0 Å². The van der Waals surface area contributed by atoms with E-state index in [0.29, 0.717) is 0 Å². The third kappa shape index (κ3) is 4.31. The third-order valence-electron chi connectivity index (χ3n) is 3.96. The van der Waals surface area contributed by atoms with Crippen molar-refractivity contribution in [3.8, 4) is 0 Å². The van der Waals surface area contributed by atoms with Crippen LogP contribution in [0.2, 0.25) is 18.1 Å². The lowest BCUT2D eigenvalue weighted by molar-refractivity contribution is -0.144. The smallest absolute Gasteiger partial charge is 0.193 e. The van der Waals surface area contributed by atoms with Crippen molar-refractivity contribution >= 4 is 8.32 Å². The van der Waals surface area contributed by atoms with Gasteiger partial charge in [0, 0.05) is 7.11 Å². The minimum Gasteiger partial charge on any atom is -0.496 e. The van der Waals surface area contributed by atoms with Gasteiger partial charge < -0.3 is 18.6 Å². The van der Waals surface area contributed by atoms with E-state index in [-0.39, 0.29) is 30.1 Å². The van der Waals surface area contributed by atoms with Gasteiger partial charge in [0.2, 0.25) is 0 Å². The minimum atomic E-state index is -1.83. The zero-order valence-electron chi connectivity index (χ0n) is 13.2. The van der Waals surface area contributed by atoms with Crippen molar-refractivity contribution in [3.05, 3.63) is 12.3 Å². The summed E-state index contributed by atoms with van der Waals surface area (Å²) in [5.74, 6) is 0. The third-order valence-corrected chi connectivity index (χ3v) is 8.44. The van der Waals surface area contributed by atoms with Gasteiger partial charge in [0.15, 0.2) is 8.32 Å². The molecule has 3 atom stereocenters. The summed E-state index contributed by atoms with van der Waals surface area (Å²) in [6, 6.07) is 0. The Labute approximate surface area is 118 Å². The van der Waals surface area contributed by atoms with Crippen LogP contribution in [0.1, 0.15) is 27.7 Å². The molecule has 19 heavy (non-hydrogen) atoms. The van der Waals surface area contributed by atoms with Crippen molar-refractivity contribution in [3.63, 3.8) is 0 Å². The van der Waals surface area contributed by atoms with Crippen LogP contribution in [0.5, 0.6) is 0 Å². The predicted molar refractivity (Wildman–Crippen MR) is 78.5 cm³/mol. The van der Waals surface area contributed by atoms with Crippen molar-refractivity contribution in [2.75, 3.05) is 13.9 Å². The Morgan fingerprint density at radius 1 is 1.26 bits per heavy atom. The van der Waals surface area contributed by atoms with Gasteiger partial charge in [-0.25, -0.2) is 0 Å². The second-order valence-electron chi connectivity index (χ2n) is 6.55. The van der Waals surface area contributed by atoms with Crippen molar-refractivity contribution in [1.82, 2.24) is 0 Å². The Balaban J connectivity index is 2.78. The molecule has 0 spiro atoms. The monoisotopic (exact) mass is 288 g/mol. The van der Waals surface area contributed by atoms with Gasteiger partial charge in [-0.05, 0) is 31.1 Å². The quantitative estimate of drug-likeness (QED) is 0.574. The highest BCUT2D eigenvalue weighted by atomic mass is 28.4. The fourth-order valence-corrected chi connectivity index (χ4v) is 2.95. The van der Waals surface area contributed by atoms with Crippen molar-refractivity contribution in [1.29, 1.82) is 0 Å². The number of ether oxygens (including phenoxy) is 3. The Morgan fingerprint density at radius 2 is 1.89 bits per heavy atom. The molecule has 1 aliphatic heterocycles.